The molecule has 0 fully saturated rings. The predicted molar refractivity (Wildman–Crippen MR) is 74.7 cm³/mol. The molecule has 0 spiro atoms. The van der Waals surface area contributed by atoms with Crippen LogP contribution in [0.1, 0.15) is 36.1 Å². The summed E-state index contributed by atoms with van der Waals surface area (Å²) in [5.41, 5.74) is 5.79. The van der Waals surface area contributed by atoms with Gasteiger partial charge in [-0.1, -0.05) is 5.65 Å². The summed E-state index contributed by atoms with van der Waals surface area (Å²) in [7, 11) is 0. The first-order valence-corrected chi connectivity index (χ1v) is 6.26. The van der Waals surface area contributed by atoms with Crippen molar-refractivity contribution in [2.75, 3.05) is 0 Å². The molecule has 3 nitrogen and oxygen atoms in total. The summed E-state index contributed by atoms with van der Waals surface area (Å²) in [4.78, 5) is 1.12. The smallest absolute Gasteiger partial charge is 0.126 e. The fourth-order valence-electron chi connectivity index (χ4n) is 2.26. The molecule has 0 saturated carbocycles. The van der Waals surface area contributed by atoms with Crippen molar-refractivity contribution < 1.29 is 9.22 Å². The predicted octanol–water partition coefficient (Wildman–Crippen LogP) is 2.95. The van der Waals surface area contributed by atoms with Crippen LogP contribution >= 0.6 is 12.6 Å². The van der Waals surface area contributed by atoms with Crippen LogP contribution < -0.4 is 16.2 Å². The molecule has 2 rings (SSSR count). The van der Waals surface area contributed by atoms with Gasteiger partial charge in [-0.3, -0.25) is 0 Å². The summed E-state index contributed by atoms with van der Waals surface area (Å²) >= 11 is 4.58. The van der Waals surface area contributed by atoms with Crippen LogP contribution in [0, 0.1) is 20.8 Å². The molecule has 18 heavy (non-hydrogen) atoms. The van der Waals surface area contributed by atoms with Crippen LogP contribution in [-0.4, -0.2) is 5.60 Å². The van der Waals surface area contributed by atoms with Crippen molar-refractivity contribution in [3.8, 4) is 5.75 Å². The topological polar surface area (TPSA) is 47.3 Å². The lowest BCUT2D eigenvalue weighted by Gasteiger charge is -2.18. The highest BCUT2D eigenvalue weighted by molar-refractivity contribution is 7.80. The molecule has 1 aromatic rings. The molecule has 1 heterocycles. The number of hydrazine groups is 1. The number of rotatable bonds is 0. The number of ether oxygens (including phenoxy) is 1. The quantitative estimate of drug-likeness (QED) is 0.294. The molecule has 0 saturated heterocycles. The molecule has 1 aliphatic heterocycles. The zero-order valence-corrected chi connectivity index (χ0v) is 12.4. The second-order valence-corrected chi connectivity index (χ2v) is 5.63. The van der Waals surface area contributed by atoms with Crippen molar-refractivity contribution in [2.45, 2.75) is 51.5 Å². The number of halogens is 1. The van der Waals surface area contributed by atoms with E-state index in [0.29, 0.717) is 0 Å². The summed E-state index contributed by atoms with van der Waals surface area (Å²) in [5.74, 6) is 5.02. The zero-order valence-electron chi connectivity index (χ0n) is 11.5. The molecule has 0 radical (unpaired) electrons. The summed E-state index contributed by atoms with van der Waals surface area (Å²) < 4.78 is 15.8. The van der Waals surface area contributed by atoms with E-state index >= 15 is 0 Å². The van der Waals surface area contributed by atoms with Gasteiger partial charge in [0.05, 0.1) is 0 Å². The van der Waals surface area contributed by atoms with Gasteiger partial charge in [0.1, 0.15) is 11.4 Å². The molecular formula is C13H21FN2OS. The van der Waals surface area contributed by atoms with E-state index in [4.69, 9.17) is 4.74 Å². The van der Waals surface area contributed by atoms with Gasteiger partial charge in [-0.05, 0) is 51.3 Å². The Labute approximate surface area is 113 Å². The van der Waals surface area contributed by atoms with Gasteiger partial charge in [0, 0.05) is 16.9 Å². The van der Waals surface area contributed by atoms with Crippen molar-refractivity contribution in [3.05, 3.63) is 22.3 Å². The van der Waals surface area contributed by atoms with E-state index in [0.717, 1.165) is 22.7 Å². The molecule has 0 amide bonds. The van der Waals surface area contributed by atoms with E-state index in [1.165, 1.54) is 22.3 Å². The molecular weight excluding hydrogens is 251 g/mol. The van der Waals surface area contributed by atoms with Crippen molar-refractivity contribution in [1.82, 2.24) is 5.65 Å². The first-order valence-electron chi connectivity index (χ1n) is 5.82. The van der Waals surface area contributed by atoms with Gasteiger partial charge in [-0.15, -0.1) is 17.1 Å². The van der Waals surface area contributed by atoms with Crippen molar-refractivity contribution in [3.63, 3.8) is 0 Å². The molecule has 0 bridgehead atoms. The van der Waals surface area contributed by atoms with Crippen molar-refractivity contribution in [2.24, 2.45) is 5.84 Å². The highest BCUT2D eigenvalue weighted by Crippen LogP contribution is 2.43. The molecule has 0 unspecified atom stereocenters. The molecule has 3 N–H and O–H groups in total. The minimum Gasteiger partial charge on any atom is -0.487 e. The maximum Gasteiger partial charge on any atom is 0.126 e. The maximum absolute atomic E-state index is 9.82. The minimum atomic E-state index is -0.0636. The van der Waals surface area contributed by atoms with E-state index in [-0.39, 0.29) is 5.60 Å². The number of nitrogens with two attached hydrogens (primary N) is 1. The fraction of sp³-hybridized carbons (Fsp3) is 0.538. The van der Waals surface area contributed by atoms with Crippen molar-refractivity contribution >= 4 is 12.6 Å². The molecule has 1 aliphatic rings. The summed E-state index contributed by atoms with van der Waals surface area (Å²) in [6.07, 6.45) is 0.989. The Kier molecular flexibility index (Phi) is 4.64. The summed E-state index contributed by atoms with van der Waals surface area (Å²) in [6, 6.07) is 0. The Hall–Kier alpha value is -0.780. The molecule has 1 aromatic carbocycles. The molecule has 102 valence electrons. The minimum absolute atomic E-state index is 0.0636. The average Bonchev–Trinajstić information content (AvgIpc) is 2.61. The summed E-state index contributed by atoms with van der Waals surface area (Å²) in [5, 5.41) is 0. The fourth-order valence-corrected chi connectivity index (χ4v) is 2.56. The second-order valence-electron chi connectivity index (χ2n) is 5.18. The molecule has 5 heteroatoms. The van der Waals surface area contributed by atoms with E-state index in [2.05, 4.69) is 53.1 Å². The third-order valence-corrected chi connectivity index (χ3v) is 3.99. The number of hydrogen-bond acceptors (Lipinski definition) is 4. The van der Waals surface area contributed by atoms with Gasteiger partial charge in [-0.25, -0.2) is 5.84 Å². The van der Waals surface area contributed by atoms with E-state index < -0.39 is 0 Å². The van der Waals surface area contributed by atoms with Crippen LogP contribution in [0.2, 0.25) is 0 Å². The lowest BCUT2D eigenvalue weighted by molar-refractivity contribution is 0.137. The third kappa shape index (κ3) is 2.79. The SMILES string of the molecule is Cc1c(C)c2c(c(C)c1S)CC(C)(C)O2.NNF. The van der Waals surface area contributed by atoms with Gasteiger partial charge in [0.2, 0.25) is 0 Å². The number of thiol groups is 1. The van der Waals surface area contributed by atoms with E-state index in [1.807, 2.05) is 0 Å². The monoisotopic (exact) mass is 272 g/mol. The standard InChI is InChI=1S/C13H18OS.FH3N2/c1-7-8(2)12(15)9(3)10-6-13(4,5)14-11(7)10;1-3-2/h15H,6H2,1-5H3;3H,2H2. The average molecular weight is 272 g/mol. The third-order valence-electron chi connectivity index (χ3n) is 3.32. The zero-order chi connectivity index (χ0) is 14.1. The lowest BCUT2D eigenvalue weighted by Crippen LogP contribution is -2.24. The normalized spacial score (nSPS) is 15.6. The van der Waals surface area contributed by atoms with Gasteiger partial charge in [-0.2, -0.15) is 0 Å². The van der Waals surface area contributed by atoms with Gasteiger partial charge >= 0.3 is 0 Å². The van der Waals surface area contributed by atoms with Crippen LogP contribution in [-0.2, 0) is 6.42 Å². The van der Waals surface area contributed by atoms with Crippen LogP contribution in [0.5, 0.6) is 5.75 Å². The molecule has 0 atom stereocenters. The van der Waals surface area contributed by atoms with Crippen molar-refractivity contribution in [1.29, 1.82) is 0 Å². The number of hydrogen-bond donors (Lipinski definition) is 3. The highest BCUT2D eigenvalue weighted by atomic mass is 32.1. The van der Waals surface area contributed by atoms with E-state index in [1.54, 1.807) is 0 Å². The Morgan fingerprint density at radius 3 is 2.22 bits per heavy atom. The van der Waals surface area contributed by atoms with Crippen LogP contribution in [0.25, 0.3) is 0 Å². The van der Waals surface area contributed by atoms with Crippen LogP contribution in [0.4, 0.5) is 4.48 Å². The largest absolute Gasteiger partial charge is 0.487 e. The first kappa shape index (κ1) is 15.3. The first-order chi connectivity index (χ1) is 8.25. The summed E-state index contributed by atoms with van der Waals surface area (Å²) in [6.45, 7) is 10.6. The number of benzene rings is 1. The maximum atomic E-state index is 9.82. The van der Waals surface area contributed by atoms with Gasteiger partial charge in [0.15, 0.2) is 0 Å². The Morgan fingerprint density at radius 1 is 1.22 bits per heavy atom. The Morgan fingerprint density at radius 2 is 1.72 bits per heavy atom. The van der Waals surface area contributed by atoms with Crippen LogP contribution in [0.3, 0.4) is 0 Å². The van der Waals surface area contributed by atoms with Gasteiger partial charge < -0.3 is 4.74 Å². The Balaban J connectivity index is 0.000000492. The lowest BCUT2D eigenvalue weighted by atomic mass is 9.94. The Bertz CT molecular complexity index is 422. The van der Waals surface area contributed by atoms with Crippen LogP contribution in [0.15, 0.2) is 4.90 Å². The number of fused-ring (bicyclic) bond motifs is 1. The number of nitrogens with one attached hydrogen (secondary N) is 1. The van der Waals surface area contributed by atoms with Gasteiger partial charge in [0.25, 0.3) is 0 Å². The highest BCUT2D eigenvalue weighted by Gasteiger charge is 2.33. The second kappa shape index (κ2) is 5.47. The van der Waals surface area contributed by atoms with E-state index in [9.17, 15) is 4.48 Å². The molecule has 0 aliphatic carbocycles. The molecule has 0 aromatic heterocycles.